The highest BCUT2D eigenvalue weighted by Crippen LogP contribution is 2.22. The monoisotopic (exact) mass is 245 g/mol. The topological polar surface area (TPSA) is 47.0 Å². The van der Waals surface area contributed by atoms with Crippen LogP contribution >= 0.6 is 33.9 Å². The largest absolute Gasteiger partial charge is 0.278 e. The van der Waals surface area contributed by atoms with E-state index < -0.39 is 9.05 Å². The SMILES string of the molecule is O=S(=O)(Cl)c1ccc(Cl)c(Cl)n1. The van der Waals surface area contributed by atoms with Crippen molar-refractivity contribution in [1.29, 1.82) is 0 Å². The maximum atomic E-state index is 10.7. The van der Waals surface area contributed by atoms with Crippen LogP contribution in [0.15, 0.2) is 17.2 Å². The summed E-state index contributed by atoms with van der Waals surface area (Å²) in [6.45, 7) is 0. The van der Waals surface area contributed by atoms with E-state index in [4.69, 9.17) is 33.9 Å². The fourth-order valence-electron chi connectivity index (χ4n) is 0.536. The van der Waals surface area contributed by atoms with Crippen LogP contribution in [0.5, 0.6) is 0 Å². The van der Waals surface area contributed by atoms with Gasteiger partial charge < -0.3 is 0 Å². The molecular formula is C5H2Cl3NO2S. The number of halogens is 3. The summed E-state index contributed by atoms with van der Waals surface area (Å²) in [7, 11) is 1.17. The zero-order valence-corrected chi connectivity index (χ0v) is 8.54. The Morgan fingerprint density at radius 3 is 2.25 bits per heavy atom. The summed E-state index contributed by atoms with van der Waals surface area (Å²) in [5, 5.41) is -0.210. The Labute approximate surface area is 83.7 Å². The molecule has 0 radical (unpaired) electrons. The van der Waals surface area contributed by atoms with Crippen LogP contribution in [0, 0.1) is 0 Å². The van der Waals surface area contributed by atoms with Gasteiger partial charge in [-0.15, -0.1) is 0 Å². The molecule has 0 aliphatic carbocycles. The molecule has 0 aromatic carbocycles. The van der Waals surface area contributed by atoms with Crippen molar-refractivity contribution in [1.82, 2.24) is 4.98 Å². The molecule has 7 heteroatoms. The summed E-state index contributed by atoms with van der Waals surface area (Å²) < 4.78 is 21.4. The van der Waals surface area contributed by atoms with Crippen molar-refractivity contribution >= 4 is 42.9 Å². The first-order valence-corrected chi connectivity index (χ1v) is 5.74. The van der Waals surface area contributed by atoms with Crippen LogP contribution in [-0.2, 0) is 9.05 Å². The molecule has 1 aromatic heterocycles. The molecular weight excluding hydrogens is 244 g/mol. The Morgan fingerprint density at radius 1 is 1.25 bits per heavy atom. The highest BCUT2D eigenvalue weighted by Gasteiger charge is 2.12. The Balaban J connectivity index is 3.33. The smallest absolute Gasteiger partial charge is 0.222 e. The summed E-state index contributed by atoms with van der Waals surface area (Å²) in [4.78, 5) is 3.46. The van der Waals surface area contributed by atoms with Crippen molar-refractivity contribution in [2.24, 2.45) is 0 Å². The average molecular weight is 247 g/mol. The number of hydrogen-bond acceptors (Lipinski definition) is 3. The van der Waals surface area contributed by atoms with E-state index in [1.54, 1.807) is 0 Å². The summed E-state index contributed by atoms with van der Waals surface area (Å²) in [5.74, 6) is 0. The highest BCUT2D eigenvalue weighted by atomic mass is 35.7. The summed E-state index contributed by atoms with van der Waals surface area (Å²) in [6, 6.07) is 2.49. The molecule has 3 nitrogen and oxygen atoms in total. The van der Waals surface area contributed by atoms with Gasteiger partial charge in [-0.05, 0) is 12.1 Å². The van der Waals surface area contributed by atoms with Crippen molar-refractivity contribution in [2.75, 3.05) is 0 Å². The minimum Gasteiger partial charge on any atom is -0.222 e. The van der Waals surface area contributed by atoms with Gasteiger partial charge in [-0.1, -0.05) is 23.2 Å². The molecule has 0 N–H and O–H groups in total. The first-order valence-electron chi connectivity index (χ1n) is 2.68. The quantitative estimate of drug-likeness (QED) is 0.564. The summed E-state index contributed by atoms with van der Waals surface area (Å²) in [6.07, 6.45) is 0. The fourth-order valence-corrected chi connectivity index (χ4v) is 1.53. The van der Waals surface area contributed by atoms with Crippen molar-refractivity contribution in [3.63, 3.8) is 0 Å². The van der Waals surface area contributed by atoms with Crippen molar-refractivity contribution in [3.8, 4) is 0 Å². The first kappa shape index (κ1) is 10.1. The number of pyridine rings is 1. The number of nitrogens with zero attached hydrogens (tertiary/aromatic N) is 1. The molecule has 1 heterocycles. The van der Waals surface area contributed by atoms with Crippen LogP contribution in [0.2, 0.25) is 10.2 Å². The normalized spacial score (nSPS) is 11.6. The van der Waals surface area contributed by atoms with Crippen LogP contribution in [-0.4, -0.2) is 13.4 Å². The highest BCUT2D eigenvalue weighted by molar-refractivity contribution is 8.13. The zero-order chi connectivity index (χ0) is 9.35. The van der Waals surface area contributed by atoms with E-state index in [2.05, 4.69) is 4.98 Å². The van der Waals surface area contributed by atoms with Crippen LogP contribution in [0.1, 0.15) is 0 Å². The molecule has 12 heavy (non-hydrogen) atoms. The van der Waals surface area contributed by atoms with E-state index in [0.29, 0.717) is 0 Å². The Hall–Kier alpha value is -0.0300. The van der Waals surface area contributed by atoms with Gasteiger partial charge in [0.05, 0.1) is 5.02 Å². The molecule has 0 aliphatic rings. The first-order chi connectivity index (χ1) is 5.41. The lowest BCUT2D eigenvalue weighted by Crippen LogP contribution is -1.94. The minimum atomic E-state index is -3.82. The van der Waals surface area contributed by atoms with Crippen LogP contribution < -0.4 is 0 Å². The van der Waals surface area contributed by atoms with Gasteiger partial charge in [0, 0.05) is 10.7 Å². The van der Waals surface area contributed by atoms with Crippen molar-refractivity contribution < 1.29 is 8.42 Å². The Morgan fingerprint density at radius 2 is 1.83 bits per heavy atom. The van der Waals surface area contributed by atoms with E-state index in [1.807, 2.05) is 0 Å². The molecule has 0 saturated carbocycles. The molecule has 0 saturated heterocycles. The van der Waals surface area contributed by atoms with Gasteiger partial charge >= 0.3 is 0 Å². The maximum absolute atomic E-state index is 10.7. The fraction of sp³-hybridized carbons (Fsp3) is 0. The molecule has 66 valence electrons. The molecule has 1 rings (SSSR count). The van der Waals surface area contributed by atoms with E-state index in [-0.39, 0.29) is 15.2 Å². The number of rotatable bonds is 1. The second-order valence-electron chi connectivity index (χ2n) is 1.86. The van der Waals surface area contributed by atoms with Gasteiger partial charge in [0.1, 0.15) is 5.15 Å². The molecule has 0 amide bonds. The number of hydrogen-bond donors (Lipinski definition) is 0. The van der Waals surface area contributed by atoms with Gasteiger partial charge in [-0.25, -0.2) is 13.4 Å². The van der Waals surface area contributed by atoms with E-state index in [0.717, 1.165) is 0 Å². The second kappa shape index (κ2) is 3.38. The molecule has 1 aromatic rings. The molecule has 0 unspecified atom stereocenters. The molecule has 0 atom stereocenters. The Kier molecular flexibility index (Phi) is 2.83. The predicted octanol–water partition coefficient (Wildman–Crippen LogP) is 2.32. The van der Waals surface area contributed by atoms with E-state index >= 15 is 0 Å². The third-order valence-corrected chi connectivity index (χ3v) is 2.92. The third kappa shape index (κ3) is 2.23. The van der Waals surface area contributed by atoms with Crippen molar-refractivity contribution in [3.05, 3.63) is 22.3 Å². The maximum Gasteiger partial charge on any atom is 0.278 e. The summed E-state index contributed by atoms with van der Waals surface area (Å²) >= 11 is 11.0. The standard InChI is InChI=1S/C5H2Cl3NO2S/c6-3-1-2-4(9-5(3)7)12(8,10)11/h1-2H. The second-order valence-corrected chi connectivity index (χ2v) is 5.14. The molecule has 0 bridgehead atoms. The molecule has 0 aliphatic heterocycles. The lowest BCUT2D eigenvalue weighted by atomic mass is 10.5. The van der Waals surface area contributed by atoms with Crippen LogP contribution in [0.25, 0.3) is 0 Å². The van der Waals surface area contributed by atoms with Crippen LogP contribution in [0.4, 0.5) is 0 Å². The van der Waals surface area contributed by atoms with Gasteiger partial charge in [0.25, 0.3) is 9.05 Å². The predicted molar refractivity (Wildman–Crippen MR) is 47.3 cm³/mol. The third-order valence-electron chi connectivity index (χ3n) is 1.03. The molecule has 0 fully saturated rings. The lowest BCUT2D eigenvalue weighted by molar-refractivity contribution is 0.606. The van der Waals surface area contributed by atoms with Gasteiger partial charge in [-0.2, -0.15) is 0 Å². The van der Waals surface area contributed by atoms with E-state index in [9.17, 15) is 8.42 Å². The lowest BCUT2D eigenvalue weighted by Gasteiger charge is -1.96. The zero-order valence-electron chi connectivity index (χ0n) is 5.46. The van der Waals surface area contributed by atoms with E-state index in [1.165, 1.54) is 12.1 Å². The van der Waals surface area contributed by atoms with Crippen LogP contribution in [0.3, 0.4) is 0 Å². The van der Waals surface area contributed by atoms with Gasteiger partial charge in [0.2, 0.25) is 0 Å². The Bertz CT molecular complexity index is 403. The minimum absolute atomic E-state index is 0.0848. The average Bonchev–Trinajstić information content (AvgIpc) is 1.92. The van der Waals surface area contributed by atoms with Gasteiger partial charge in [-0.3, -0.25) is 0 Å². The van der Waals surface area contributed by atoms with Crippen molar-refractivity contribution in [2.45, 2.75) is 5.03 Å². The molecule has 0 spiro atoms. The summed E-state index contributed by atoms with van der Waals surface area (Å²) in [5.41, 5.74) is 0. The van der Waals surface area contributed by atoms with Gasteiger partial charge in [0.15, 0.2) is 5.03 Å². The number of aromatic nitrogens is 1.